The second-order valence-corrected chi connectivity index (χ2v) is 4.02. The maximum absolute atomic E-state index is 11.6. The van der Waals surface area contributed by atoms with Crippen LogP contribution in [0.3, 0.4) is 0 Å². The van der Waals surface area contributed by atoms with Gasteiger partial charge in [-0.2, -0.15) is 0 Å². The van der Waals surface area contributed by atoms with Crippen LogP contribution < -0.4 is 10.9 Å². The summed E-state index contributed by atoms with van der Waals surface area (Å²) in [5.41, 5.74) is 4.73. The highest BCUT2D eigenvalue weighted by atomic mass is 16.6. The minimum absolute atomic E-state index is 0.00200. The van der Waals surface area contributed by atoms with Gasteiger partial charge < -0.3 is 0 Å². The Bertz CT molecular complexity index is 494. The van der Waals surface area contributed by atoms with Crippen LogP contribution in [-0.4, -0.2) is 16.7 Å². The van der Waals surface area contributed by atoms with Gasteiger partial charge in [0.05, 0.1) is 4.92 Å². The van der Waals surface area contributed by atoms with E-state index >= 15 is 0 Å². The van der Waals surface area contributed by atoms with Gasteiger partial charge in [0.1, 0.15) is 0 Å². The van der Waals surface area contributed by atoms with Gasteiger partial charge in [0.25, 0.3) is 11.6 Å². The molecule has 0 bridgehead atoms. The van der Waals surface area contributed by atoms with E-state index in [0.717, 1.165) is 12.8 Å². The Labute approximate surface area is 102 Å². The van der Waals surface area contributed by atoms with E-state index in [1.807, 2.05) is 0 Å². The number of amides is 2. The molecule has 1 aliphatic rings. The molecule has 2 N–H and O–H groups in total. The van der Waals surface area contributed by atoms with E-state index < -0.39 is 10.8 Å². The Balaban J connectivity index is 1.91. The maximum atomic E-state index is 11.6. The first-order valence-electron chi connectivity index (χ1n) is 5.42. The standard InChI is InChI=1S/C11H11N3O4/c15-10(7-1-2-7)12-13-11(16)8-3-5-9(6-4-8)14(17)18/h3-7H,1-2H2,(H,12,15)(H,13,16). The average molecular weight is 249 g/mol. The van der Waals surface area contributed by atoms with E-state index in [1.54, 1.807) is 0 Å². The number of nitro groups is 1. The number of hydrogen-bond acceptors (Lipinski definition) is 4. The Morgan fingerprint density at radius 2 is 1.78 bits per heavy atom. The fraction of sp³-hybridized carbons (Fsp3) is 0.273. The number of nitrogens with one attached hydrogen (secondary N) is 2. The molecule has 0 aliphatic heterocycles. The Morgan fingerprint density at radius 3 is 2.28 bits per heavy atom. The number of hydrogen-bond donors (Lipinski definition) is 2. The molecular weight excluding hydrogens is 238 g/mol. The quantitative estimate of drug-likeness (QED) is 0.610. The number of nitrogens with zero attached hydrogens (tertiary/aromatic N) is 1. The van der Waals surface area contributed by atoms with Crippen LogP contribution in [0.4, 0.5) is 5.69 Å². The molecule has 1 fully saturated rings. The van der Waals surface area contributed by atoms with Crippen molar-refractivity contribution in [1.29, 1.82) is 0 Å². The molecule has 1 saturated carbocycles. The molecule has 0 atom stereocenters. The summed E-state index contributed by atoms with van der Waals surface area (Å²) in [4.78, 5) is 32.7. The van der Waals surface area contributed by atoms with Crippen molar-refractivity contribution < 1.29 is 14.5 Å². The predicted molar refractivity (Wildman–Crippen MR) is 61.4 cm³/mol. The van der Waals surface area contributed by atoms with Crippen molar-refractivity contribution >= 4 is 17.5 Å². The van der Waals surface area contributed by atoms with Gasteiger partial charge in [-0.1, -0.05) is 0 Å². The minimum Gasteiger partial charge on any atom is -0.273 e. The van der Waals surface area contributed by atoms with Crippen LogP contribution in [0.2, 0.25) is 0 Å². The highest BCUT2D eigenvalue weighted by Crippen LogP contribution is 2.28. The van der Waals surface area contributed by atoms with Gasteiger partial charge in [-0.25, -0.2) is 0 Å². The molecule has 18 heavy (non-hydrogen) atoms. The first kappa shape index (κ1) is 12.0. The van der Waals surface area contributed by atoms with Gasteiger partial charge in [0.2, 0.25) is 5.91 Å². The summed E-state index contributed by atoms with van der Waals surface area (Å²) in [5.74, 6) is -0.702. The smallest absolute Gasteiger partial charge is 0.269 e. The van der Waals surface area contributed by atoms with Gasteiger partial charge in [-0.15, -0.1) is 0 Å². The van der Waals surface area contributed by atoms with Crippen LogP contribution in [0.5, 0.6) is 0 Å². The van der Waals surface area contributed by atoms with Crippen molar-refractivity contribution in [2.45, 2.75) is 12.8 Å². The lowest BCUT2D eigenvalue weighted by molar-refractivity contribution is -0.384. The zero-order valence-corrected chi connectivity index (χ0v) is 9.38. The highest BCUT2D eigenvalue weighted by Gasteiger charge is 2.29. The number of hydrazine groups is 1. The second kappa shape index (κ2) is 4.82. The maximum Gasteiger partial charge on any atom is 0.269 e. The lowest BCUT2D eigenvalue weighted by Crippen LogP contribution is -2.42. The SMILES string of the molecule is O=C(NNC(=O)C1CC1)c1ccc([N+](=O)[O-])cc1. The molecule has 2 rings (SSSR count). The van der Waals surface area contributed by atoms with Crippen molar-refractivity contribution in [2.75, 3.05) is 0 Å². The second-order valence-electron chi connectivity index (χ2n) is 4.02. The van der Waals surface area contributed by atoms with Crippen molar-refractivity contribution in [3.8, 4) is 0 Å². The molecule has 7 heteroatoms. The lowest BCUT2D eigenvalue weighted by atomic mass is 10.2. The van der Waals surface area contributed by atoms with Crippen LogP contribution in [0, 0.1) is 16.0 Å². The summed E-state index contributed by atoms with van der Waals surface area (Å²) >= 11 is 0. The van der Waals surface area contributed by atoms with Crippen LogP contribution >= 0.6 is 0 Å². The predicted octanol–water partition coefficient (Wildman–Crippen LogP) is 0.766. The topological polar surface area (TPSA) is 101 Å². The van der Waals surface area contributed by atoms with E-state index in [2.05, 4.69) is 10.9 Å². The normalized spacial score (nSPS) is 13.8. The third kappa shape index (κ3) is 2.82. The third-order valence-corrected chi connectivity index (χ3v) is 2.59. The van der Waals surface area contributed by atoms with Gasteiger partial charge in [0, 0.05) is 23.6 Å². The number of non-ortho nitro benzene ring substituents is 1. The molecule has 0 spiro atoms. The molecule has 0 aromatic heterocycles. The number of carbonyl (C=O) groups is 2. The molecule has 2 amide bonds. The first-order valence-corrected chi connectivity index (χ1v) is 5.42. The lowest BCUT2D eigenvalue weighted by Gasteiger charge is -2.06. The molecule has 94 valence electrons. The van der Waals surface area contributed by atoms with E-state index in [0.29, 0.717) is 0 Å². The molecule has 0 unspecified atom stereocenters. The molecule has 1 aromatic rings. The zero-order valence-electron chi connectivity index (χ0n) is 9.38. The first-order chi connectivity index (χ1) is 8.58. The van der Waals surface area contributed by atoms with E-state index in [1.165, 1.54) is 24.3 Å². The van der Waals surface area contributed by atoms with Crippen LogP contribution in [0.25, 0.3) is 0 Å². The molecule has 7 nitrogen and oxygen atoms in total. The summed E-state index contributed by atoms with van der Waals surface area (Å²) in [6.07, 6.45) is 1.69. The summed E-state index contributed by atoms with van der Waals surface area (Å²) in [5, 5.41) is 10.4. The van der Waals surface area contributed by atoms with Gasteiger partial charge in [-0.3, -0.25) is 30.6 Å². The number of rotatable bonds is 3. The monoisotopic (exact) mass is 249 g/mol. The fourth-order valence-corrected chi connectivity index (χ4v) is 1.37. The largest absolute Gasteiger partial charge is 0.273 e. The van der Waals surface area contributed by atoms with Crippen LogP contribution in [0.1, 0.15) is 23.2 Å². The molecule has 0 heterocycles. The highest BCUT2D eigenvalue weighted by molar-refractivity contribution is 5.95. The van der Waals surface area contributed by atoms with Crippen molar-refractivity contribution in [2.24, 2.45) is 5.92 Å². The molecular formula is C11H11N3O4. The summed E-state index contributed by atoms with van der Waals surface area (Å²) in [7, 11) is 0. The van der Waals surface area contributed by atoms with Crippen molar-refractivity contribution in [1.82, 2.24) is 10.9 Å². The van der Waals surface area contributed by atoms with Gasteiger partial charge in [0.15, 0.2) is 0 Å². The Kier molecular flexibility index (Phi) is 3.22. The Morgan fingerprint density at radius 1 is 1.17 bits per heavy atom. The van der Waals surface area contributed by atoms with Crippen molar-refractivity contribution in [3.05, 3.63) is 39.9 Å². The van der Waals surface area contributed by atoms with E-state index in [4.69, 9.17) is 0 Å². The average Bonchev–Trinajstić information content (AvgIpc) is 3.20. The number of benzene rings is 1. The molecule has 1 aliphatic carbocycles. The zero-order chi connectivity index (χ0) is 13.1. The number of carbonyl (C=O) groups excluding carboxylic acids is 2. The third-order valence-electron chi connectivity index (χ3n) is 2.59. The van der Waals surface area contributed by atoms with Crippen molar-refractivity contribution in [3.63, 3.8) is 0 Å². The summed E-state index contributed by atoms with van der Waals surface area (Å²) in [6, 6.07) is 5.13. The van der Waals surface area contributed by atoms with Crippen LogP contribution in [0.15, 0.2) is 24.3 Å². The molecule has 0 saturated heterocycles. The van der Waals surface area contributed by atoms with Gasteiger partial charge in [-0.05, 0) is 25.0 Å². The molecule has 0 radical (unpaired) electrons. The van der Waals surface area contributed by atoms with Gasteiger partial charge >= 0.3 is 0 Å². The van der Waals surface area contributed by atoms with Crippen LogP contribution in [-0.2, 0) is 4.79 Å². The minimum atomic E-state index is -0.545. The van der Waals surface area contributed by atoms with E-state index in [9.17, 15) is 19.7 Å². The number of nitro benzene ring substituents is 1. The molecule has 1 aromatic carbocycles. The van der Waals surface area contributed by atoms with E-state index in [-0.39, 0.29) is 23.1 Å². The summed E-state index contributed by atoms with van der Waals surface area (Å²) < 4.78 is 0. The summed E-state index contributed by atoms with van der Waals surface area (Å²) in [6.45, 7) is 0. The fourth-order valence-electron chi connectivity index (χ4n) is 1.37. The Hall–Kier alpha value is -2.44.